The zero-order valence-corrected chi connectivity index (χ0v) is 21.7. The van der Waals surface area contributed by atoms with Gasteiger partial charge >= 0.3 is 0 Å². The molecule has 1 N–H and O–H groups in total. The van der Waals surface area contributed by atoms with E-state index >= 15 is 0 Å². The van der Waals surface area contributed by atoms with Crippen molar-refractivity contribution in [1.82, 2.24) is 15.6 Å². The summed E-state index contributed by atoms with van der Waals surface area (Å²) < 4.78 is 7.34. The average molecular weight is 541 g/mol. The van der Waals surface area contributed by atoms with E-state index in [9.17, 15) is 4.79 Å². The number of carbonyl (C=O) groups excluding carboxylic acids is 1. The van der Waals surface area contributed by atoms with Gasteiger partial charge in [-0.3, -0.25) is 4.79 Å². The number of nitrogens with zero attached hydrogens (tertiary/aromatic N) is 3. The minimum Gasteiger partial charge on any atom is -0.489 e. The molecule has 1 aromatic heterocycles. The van der Waals surface area contributed by atoms with Crippen molar-refractivity contribution in [3.63, 3.8) is 0 Å². The second-order valence-electron chi connectivity index (χ2n) is 7.14. The summed E-state index contributed by atoms with van der Waals surface area (Å²) in [5, 5.41) is 13.1. The molecule has 10 heteroatoms. The monoisotopic (exact) mass is 540 g/mol. The predicted octanol–water partition coefficient (Wildman–Crippen LogP) is 6.31. The molecule has 4 aromatic rings. The first-order chi connectivity index (χ1) is 17.2. The molecular weight excluding hydrogens is 520 g/mol. The van der Waals surface area contributed by atoms with Crippen LogP contribution in [0.2, 0.25) is 5.02 Å². The summed E-state index contributed by atoms with van der Waals surface area (Å²) in [7, 11) is 0. The van der Waals surface area contributed by atoms with E-state index in [-0.39, 0.29) is 11.7 Å². The number of nitrogens with one attached hydrogen (secondary N) is 1. The Kier molecular flexibility index (Phi) is 9.59. The minimum absolute atomic E-state index is 0.202. The third-order valence-electron chi connectivity index (χ3n) is 4.55. The molecule has 0 saturated heterocycles. The van der Waals surface area contributed by atoms with Crippen LogP contribution >= 0.6 is 46.5 Å². The van der Waals surface area contributed by atoms with Gasteiger partial charge in [0.25, 0.3) is 5.91 Å². The van der Waals surface area contributed by atoms with Crippen molar-refractivity contribution in [1.29, 1.82) is 0 Å². The van der Waals surface area contributed by atoms with Crippen LogP contribution in [-0.2, 0) is 17.2 Å². The van der Waals surface area contributed by atoms with Gasteiger partial charge in [-0.25, -0.2) is 5.43 Å². The Hall–Kier alpha value is -2.85. The van der Waals surface area contributed by atoms with Crippen LogP contribution in [0.4, 0.5) is 0 Å². The number of halogens is 1. The molecule has 35 heavy (non-hydrogen) atoms. The lowest BCUT2D eigenvalue weighted by atomic mass is 10.2. The Morgan fingerprint density at radius 1 is 0.971 bits per heavy atom. The maximum absolute atomic E-state index is 12.1. The minimum atomic E-state index is -0.213. The Labute approximate surface area is 221 Å². The number of thioether (sulfide) groups is 2. The highest BCUT2D eigenvalue weighted by atomic mass is 35.5. The van der Waals surface area contributed by atoms with Gasteiger partial charge in [0.1, 0.15) is 12.4 Å². The van der Waals surface area contributed by atoms with Gasteiger partial charge < -0.3 is 4.74 Å². The molecule has 0 radical (unpaired) electrons. The van der Waals surface area contributed by atoms with Gasteiger partial charge in [0.15, 0.2) is 8.68 Å². The standard InChI is InChI=1S/C25H21ClN4O2S3/c26-22-9-5-4-8-20(22)16-33-24-29-30-25(35-24)34-17-23(31)28-27-14-18-10-12-21(13-11-18)32-15-19-6-2-1-3-7-19/h1-14H,15-17H2,(H,28,31). The molecular formula is C25H21ClN4O2S3. The maximum atomic E-state index is 12.1. The molecule has 4 rings (SSSR count). The van der Waals surface area contributed by atoms with E-state index < -0.39 is 0 Å². The molecule has 6 nitrogen and oxygen atoms in total. The number of aromatic nitrogens is 2. The zero-order valence-electron chi connectivity index (χ0n) is 18.5. The lowest BCUT2D eigenvalue weighted by Crippen LogP contribution is -2.19. The first kappa shape index (κ1) is 25.2. The molecule has 3 aromatic carbocycles. The van der Waals surface area contributed by atoms with Crippen molar-refractivity contribution in [2.24, 2.45) is 5.10 Å². The fraction of sp³-hybridized carbons (Fsp3) is 0.120. The summed E-state index contributed by atoms with van der Waals surface area (Å²) >= 11 is 10.5. The van der Waals surface area contributed by atoms with Crippen LogP contribution in [0.1, 0.15) is 16.7 Å². The van der Waals surface area contributed by atoms with E-state index in [1.165, 1.54) is 23.1 Å². The SMILES string of the molecule is O=C(CSc1nnc(SCc2ccccc2Cl)s1)NN=Cc1ccc(OCc2ccccc2)cc1. The van der Waals surface area contributed by atoms with Crippen molar-refractivity contribution in [3.05, 3.63) is 101 Å². The van der Waals surface area contributed by atoms with Crippen LogP contribution in [0, 0.1) is 0 Å². The van der Waals surface area contributed by atoms with E-state index in [0.717, 1.165) is 36.1 Å². The number of hydrogen-bond acceptors (Lipinski definition) is 8. The molecule has 0 unspecified atom stereocenters. The molecule has 0 atom stereocenters. The van der Waals surface area contributed by atoms with Crippen LogP contribution in [0.25, 0.3) is 0 Å². The fourth-order valence-corrected chi connectivity index (χ4v) is 5.90. The maximum Gasteiger partial charge on any atom is 0.250 e. The lowest BCUT2D eigenvalue weighted by Gasteiger charge is -2.06. The lowest BCUT2D eigenvalue weighted by molar-refractivity contribution is -0.118. The van der Waals surface area contributed by atoms with Gasteiger partial charge in [0.05, 0.1) is 12.0 Å². The number of amides is 1. The molecule has 1 amide bonds. The number of ether oxygens (including phenoxy) is 1. The first-order valence-electron chi connectivity index (χ1n) is 10.6. The third-order valence-corrected chi connectivity index (χ3v) is 8.16. The number of hydrogen-bond donors (Lipinski definition) is 1. The van der Waals surface area contributed by atoms with Crippen molar-refractivity contribution in [2.75, 3.05) is 5.75 Å². The highest BCUT2D eigenvalue weighted by Gasteiger charge is 2.09. The topological polar surface area (TPSA) is 76.5 Å². The zero-order chi connectivity index (χ0) is 24.3. The van der Waals surface area contributed by atoms with E-state index in [1.807, 2.05) is 78.9 Å². The highest BCUT2D eigenvalue weighted by molar-refractivity contribution is 8.03. The first-order valence-corrected chi connectivity index (χ1v) is 13.7. The number of carbonyl (C=O) groups is 1. The van der Waals surface area contributed by atoms with Gasteiger partial charge in [-0.05, 0) is 47.0 Å². The van der Waals surface area contributed by atoms with E-state index in [1.54, 1.807) is 18.0 Å². The van der Waals surface area contributed by atoms with Crippen LogP contribution in [0.15, 0.2) is 92.6 Å². The van der Waals surface area contributed by atoms with Crippen LogP contribution < -0.4 is 10.2 Å². The quantitative estimate of drug-likeness (QED) is 0.136. The van der Waals surface area contributed by atoms with E-state index in [0.29, 0.717) is 12.4 Å². The van der Waals surface area contributed by atoms with Crippen LogP contribution in [0.3, 0.4) is 0 Å². The van der Waals surface area contributed by atoms with Gasteiger partial charge in [-0.2, -0.15) is 5.10 Å². The van der Waals surface area contributed by atoms with Crippen molar-refractivity contribution in [3.8, 4) is 5.75 Å². The number of benzene rings is 3. The van der Waals surface area contributed by atoms with Crippen molar-refractivity contribution < 1.29 is 9.53 Å². The molecule has 1 heterocycles. The summed E-state index contributed by atoms with van der Waals surface area (Å²) in [6, 6.07) is 25.2. The molecule has 0 fully saturated rings. The summed E-state index contributed by atoms with van der Waals surface area (Å²) in [6.45, 7) is 0.512. The molecule has 0 aliphatic heterocycles. The smallest absolute Gasteiger partial charge is 0.250 e. The van der Waals surface area contributed by atoms with Gasteiger partial charge in [0, 0.05) is 10.8 Å². The van der Waals surface area contributed by atoms with Crippen LogP contribution in [-0.4, -0.2) is 28.1 Å². The molecule has 0 spiro atoms. The second-order valence-corrected chi connectivity index (χ2v) is 11.0. The number of hydrazone groups is 1. The molecule has 178 valence electrons. The Bertz CT molecular complexity index is 1270. The Morgan fingerprint density at radius 2 is 1.69 bits per heavy atom. The largest absolute Gasteiger partial charge is 0.489 e. The van der Waals surface area contributed by atoms with Crippen LogP contribution in [0.5, 0.6) is 5.75 Å². The molecule has 0 bridgehead atoms. The highest BCUT2D eigenvalue weighted by Crippen LogP contribution is 2.32. The summed E-state index contributed by atoms with van der Waals surface area (Å²) in [5.41, 5.74) is 5.55. The van der Waals surface area contributed by atoms with Gasteiger partial charge in [-0.15, -0.1) is 10.2 Å². The second kappa shape index (κ2) is 13.3. The predicted molar refractivity (Wildman–Crippen MR) is 145 cm³/mol. The summed E-state index contributed by atoms with van der Waals surface area (Å²) in [5.74, 6) is 1.48. The average Bonchev–Trinajstić information content (AvgIpc) is 3.35. The molecule has 0 aliphatic rings. The molecule has 0 aliphatic carbocycles. The van der Waals surface area contributed by atoms with E-state index in [2.05, 4.69) is 20.7 Å². The molecule has 0 saturated carbocycles. The van der Waals surface area contributed by atoms with Crippen molar-refractivity contribution >= 4 is 58.6 Å². The third kappa shape index (κ3) is 8.40. The van der Waals surface area contributed by atoms with E-state index in [4.69, 9.17) is 16.3 Å². The Balaban J connectivity index is 1.16. The summed E-state index contributed by atoms with van der Waals surface area (Å²) in [4.78, 5) is 12.1. The van der Waals surface area contributed by atoms with Crippen molar-refractivity contribution in [2.45, 2.75) is 21.0 Å². The Morgan fingerprint density at radius 3 is 2.46 bits per heavy atom. The normalized spacial score (nSPS) is 11.0. The van der Waals surface area contributed by atoms with Gasteiger partial charge in [-0.1, -0.05) is 95.0 Å². The fourth-order valence-electron chi connectivity index (χ4n) is 2.80. The van der Waals surface area contributed by atoms with Gasteiger partial charge in [0.2, 0.25) is 0 Å². The summed E-state index contributed by atoms with van der Waals surface area (Å²) in [6.07, 6.45) is 1.60. The number of rotatable bonds is 11.